The molecule has 5 nitrogen and oxygen atoms in total. The molecule has 0 atom stereocenters. The third kappa shape index (κ3) is 4.39. The van der Waals surface area contributed by atoms with Crippen molar-refractivity contribution in [3.8, 4) is 45.3 Å². The Morgan fingerprint density at radius 3 is 1.83 bits per heavy atom. The number of hydrogen-bond acceptors (Lipinski definition) is 5. The van der Waals surface area contributed by atoms with E-state index in [1.807, 2.05) is 60.7 Å². The highest BCUT2D eigenvalue weighted by atomic mass is 16.3. The fourth-order valence-corrected chi connectivity index (χ4v) is 7.83. The Morgan fingerprint density at radius 2 is 1.00 bits per heavy atom. The number of fused-ring (bicyclic) bond motifs is 6. The van der Waals surface area contributed by atoms with Crippen molar-refractivity contribution in [1.29, 1.82) is 0 Å². The molecule has 0 bridgehead atoms. The lowest BCUT2D eigenvalue weighted by molar-refractivity contribution is 0.669. The summed E-state index contributed by atoms with van der Waals surface area (Å²) in [5.74, 6) is 1.83. The van der Waals surface area contributed by atoms with Gasteiger partial charge in [0.2, 0.25) is 0 Å². The third-order valence-corrected chi connectivity index (χ3v) is 10.2. The van der Waals surface area contributed by atoms with Crippen LogP contribution >= 0.6 is 0 Å². The van der Waals surface area contributed by atoms with E-state index in [-0.39, 0.29) is 0 Å². The Kier molecular flexibility index (Phi) is 6.18. The van der Waals surface area contributed by atoms with E-state index in [1.165, 1.54) is 32.7 Å². The molecule has 5 heteroatoms. The van der Waals surface area contributed by atoms with Gasteiger partial charge in [0, 0.05) is 44.1 Å². The van der Waals surface area contributed by atoms with Crippen molar-refractivity contribution >= 4 is 60.5 Å². The van der Waals surface area contributed by atoms with E-state index < -0.39 is 0 Å². The van der Waals surface area contributed by atoms with Crippen LogP contribution in [0.5, 0.6) is 0 Å². The zero-order valence-corrected chi connectivity index (χ0v) is 27.9. The van der Waals surface area contributed by atoms with Gasteiger partial charge in [-0.15, -0.1) is 0 Å². The first-order valence-corrected chi connectivity index (χ1v) is 17.4. The molecule has 242 valence electrons. The maximum atomic E-state index is 6.23. The Bertz CT molecular complexity index is 3020. The van der Waals surface area contributed by atoms with E-state index in [4.69, 9.17) is 19.4 Å². The number of benzene rings is 8. The summed E-state index contributed by atoms with van der Waals surface area (Å²) in [5, 5.41) is 6.95. The second kappa shape index (κ2) is 11.2. The topological polar surface area (TPSA) is 55.1 Å². The molecule has 0 aliphatic carbocycles. The van der Waals surface area contributed by atoms with Gasteiger partial charge >= 0.3 is 0 Å². The minimum atomic E-state index is 0.602. The molecule has 10 aromatic rings. The predicted molar refractivity (Wildman–Crippen MR) is 212 cm³/mol. The van der Waals surface area contributed by atoms with Crippen LogP contribution in [0.3, 0.4) is 0 Å². The number of nitrogens with zero attached hydrogens (tertiary/aromatic N) is 4. The molecule has 2 aromatic heterocycles. The van der Waals surface area contributed by atoms with E-state index >= 15 is 0 Å². The summed E-state index contributed by atoms with van der Waals surface area (Å²) in [6.07, 6.45) is 0. The highest BCUT2D eigenvalue weighted by Crippen LogP contribution is 2.52. The summed E-state index contributed by atoms with van der Waals surface area (Å²) < 4.78 is 6.23. The van der Waals surface area contributed by atoms with Crippen molar-refractivity contribution in [2.45, 2.75) is 0 Å². The van der Waals surface area contributed by atoms with Gasteiger partial charge in [-0.1, -0.05) is 115 Å². The zero-order valence-electron chi connectivity index (χ0n) is 27.9. The van der Waals surface area contributed by atoms with Gasteiger partial charge in [0.15, 0.2) is 17.5 Å². The standard InChI is InChI=1S/C47H28N4O/c1-2-11-30(12-3-1)45-48-46(50-47(49-45)37-19-10-22-42-44(37)36-17-6-7-21-41(36)52-42)31-23-25-34(26-24-31)51-39-20-9-16-29-15-8-18-35(43(29)39)38-27-32-13-4-5-14-33(32)28-40(38)51/h1-28H. The van der Waals surface area contributed by atoms with E-state index in [9.17, 15) is 0 Å². The molecule has 0 N–H and O–H groups in total. The summed E-state index contributed by atoms with van der Waals surface area (Å²) in [4.78, 5) is 17.6. The number of furan rings is 1. The van der Waals surface area contributed by atoms with Gasteiger partial charge in [0.25, 0.3) is 0 Å². The molecule has 3 heterocycles. The molecular weight excluding hydrogens is 637 g/mol. The number of rotatable bonds is 4. The number of para-hydroxylation sites is 1. The molecule has 0 saturated carbocycles. The molecule has 0 fully saturated rings. The molecule has 0 spiro atoms. The number of anilines is 3. The van der Waals surface area contributed by atoms with Crippen LogP contribution in [0.15, 0.2) is 174 Å². The first kappa shape index (κ1) is 28.7. The van der Waals surface area contributed by atoms with Gasteiger partial charge in [-0.3, -0.25) is 0 Å². The van der Waals surface area contributed by atoms with Gasteiger partial charge in [-0.25, -0.2) is 15.0 Å². The number of hydrogen-bond donors (Lipinski definition) is 0. The van der Waals surface area contributed by atoms with Crippen molar-refractivity contribution in [3.05, 3.63) is 170 Å². The SMILES string of the molecule is c1ccc(-c2nc(-c3ccc(N4c5cc6ccccc6cc5-c5cccc6cccc4c56)cc3)nc(-c3cccc4oc5ccccc5c34)n2)cc1. The normalized spacial score (nSPS) is 12.2. The van der Waals surface area contributed by atoms with Crippen LogP contribution in [0, 0.1) is 0 Å². The lowest BCUT2D eigenvalue weighted by atomic mass is 9.89. The first-order valence-electron chi connectivity index (χ1n) is 17.4. The first-order chi connectivity index (χ1) is 25.8. The quantitative estimate of drug-likeness (QED) is 0.187. The van der Waals surface area contributed by atoms with Crippen LogP contribution in [0.1, 0.15) is 0 Å². The maximum Gasteiger partial charge on any atom is 0.164 e. The molecule has 8 aromatic carbocycles. The fourth-order valence-electron chi connectivity index (χ4n) is 7.83. The highest BCUT2D eigenvalue weighted by Gasteiger charge is 2.26. The van der Waals surface area contributed by atoms with E-state index in [1.54, 1.807) is 0 Å². The van der Waals surface area contributed by atoms with Crippen molar-refractivity contribution in [3.63, 3.8) is 0 Å². The molecule has 0 unspecified atom stereocenters. The maximum absolute atomic E-state index is 6.23. The minimum Gasteiger partial charge on any atom is -0.456 e. The predicted octanol–water partition coefficient (Wildman–Crippen LogP) is 12.5. The molecule has 11 rings (SSSR count). The van der Waals surface area contributed by atoms with Crippen molar-refractivity contribution in [1.82, 2.24) is 15.0 Å². The van der Waals surface area contributed by atoms with Crippen LogP contribution in [0.4, 0.5) is 17.1 Å². The summed E-state index contributed by atoms with van der Waals surface area (Å²) in [5.41, 5.74) is 10.3. The molecule has 0 radical (unpaired) electrons. The van der Waals surface area contributed by atoms with Crippen LogP contribution in [-0.4, -0.2) is 15.0 Å². The summed E-state index contributed by atoms with van der Waals surface area (Å²) in [6.45, 7) is 0. The summed E-state index contributed by atoms with van der Waals surface area (Å²) >= 11 is 0. The van der Waals surface area contributed by atoms with E-state index in [2.05, 4.69) is 114 Å². The van der Waals surface area contributed by atoms with Crippen LogP contribution in [-0.2, 0) is 0 Å². The monoisotopic (exact) mass is 664 g/mol. The molecule has 1 aliphatic rings. The summed E-state index contributed by atoms with van der Waals surface area (Å²) in [7, 11) is 0. The van der Waals surface area contributed by atoms with Gasteiger partial charge in [0.05, 0.1) is 11.4 Å². The minimum absolute atomic E-state index is 0.602. The Hall–Kier alpha value is -7.11. The van der Waals surface area contributed by atoms with E-state index in [0.717, 1.165) is 55.7 Å². The smallest absolute Gasteiger partial charge is 0.164 e. The second-order valence-corrected chi connectivity index (χ2v) is 13.2. The van der Waals surface area contributed by atoms with Crippen LogP contribution in [0.2, 0.25) is 0 Å². The Morgan fingerprint density at radius 1 is 0.385 bits per heavy atom. The average Bonchev–Trinajstić information content (AvgIpc) is 3.60. The van der Waals surface area contributed by atoms with Crippen molar-refractivity contribution in [2.75, 3.05) is 4.90 Å². The molecule has 1 aliphatic heterocycles. The zero-order chi connectivity index (χ0) is 34.2. The lowest BCUT2D eigenvalue weighted by Crippen LogP contribution is -2.15. The summed E-state index contributed by atoms with van der Waals surface area (Å²) in [6, 6.07) is 59.3. The van der Waals surface area contributed by atoms with E-state index in [0.29, 0.717) is 17.5 Å². The largest absolute Gasteiger partial charge is 0.456 e. The molecular formula is C47H28N4O. The average molecular weight is 665 g/mol. The Balaban J connectivity index is 1.09. The molecule has 0 amide bonds. The van der Waals surface area contributed by atoms with Crippen LogP contribution < -0.4 is 4.90 Å². The van der Waals surface area contributed by atoms with Gasteiger partial charge in [-0.2, -0.15) is 0 Å². The third-order valence-electron chi connectivity index (χ3n) is 10.2. The van der Waals surface area contributed by atoms with Crippen LogP contribution in [0.25, 0.3) is 88.8 Å². The molecule has 0 saturated heterocycles. The Labute approximate surface area is 299 Å². The lowest BCUT2D eigenvalue weighted by Gasteiger charge is -2.34. The van der Waals surface area contributed by atoms with Gasteiger partial charge in [0.1, 0.15) is 11.2 Å². The van der Waals surface area contributed by atoms with Gasteiger partial charge < -0.3 is 9.32 Å². The van der Waals surface area contributed by atoms with Gasteiger partial charge in [-0.05, 0) is 76.3 Å². The fraction of sp³-hybridized carbons (Fsp3) is 0. The number of aromatic nitrogens is 3. The van der Waals surface area contributed by atoms with Crippen molar-refractivity contribution < 1.29 is 4.42 Å². The second-order valence-electron chi connectivity index (χ2n) is 13.2. The van der Waals surface area contributed by atoms with Crippen molar-refractivity contribution in [2.24, 2.45) is 0 Å². The highest BCUT2D eigenvalue weighted by molar-refractivity contribution is 6.16. The molecule has 52 heavy (non-hydrogen) atoms.